The summed E-state index contributed by atoms with van der Waals surface area (Å²) in [5.41, 5.74) is 3.06. The highest BCUT2D eigenvalue weighted by Crippen LogP contribution is 2.39. The highest BCUT2D eigenvalue weighted by atomic mass is 35.5. The fourth-order valence-corrected chi connectivity index (χ4v) is 3.90. The Morgan fingerprint density at radius 1 is 1.00 bits per heavy atom. The molecule has 0 bridgehead atoms. The minimum Gasteiger partial charge on any atom is -0.463 e. The summed E-state index contributed by atoms with van der Waals surface area (Å²) in [6, 6.07) is 15.2. The zero-order valence-electron chi connectivity index (χ0n) is 20.4. The average molecular weight is 519 g/mol. The fraction of sp³-hybridized carbons (Fsp3) is 0.296. The van der Waals surface area contributed by atoms with Crippen LogP contribution in [0.3, 0.4) is 0 Å². The molecule has 0 saturated heterocycles. The number of halogens is 1. The van der Waals surface area contributed by atoms with Crippen molar-refractivity contribution in [3.05, 3.63) is 83.0 Å². The largest absolute Gasteiger partial charge is 0.463 e. The molecule has 0 spiro atoms. The number of pyridine rings is 1. The van der Waals surface area contributed by atoms with Gasteiger partial charge >= 0.3 is 5.97 Å². The van der Waals surface area contributed by atoms with Crippen molar-refractivity contribution >= 4 is 40.8 Å². The highest BCUT2D eigenvalue weighted by molar-refractivity contribution is 6.30. The Bertz CT molecular complexity index is 1420. The predicted octanol–water partition coefficient (Wildman–Crippen LogP) is 5.09. The molecular weight excluding hydrogens is 492 g/mol. The Labute approximate surface area is 219 Å². The molecule has 1 aromatic carbocycles. The summed E-state index contributed by atoms with van der Waals surface area (Å²) in [6.07, 6.45) is 8.38. The maximum absolute atomic E-state index is 12.1. The van der Waals surface area contributed by atoms with Crippen LogP contribution in [0.25, 0.3) is 5.65 Å². The van der Waals surface area contributed by atoms with E-state index in [1.54, 1.807) is 6.07 Å². The molecule has 2 N–H and O–H groups in total. The van der Waals surface area contributed by atoms with Gasteiger partial charge in [0.1, 0.15) is 17.3 Å². The van der Waals surface area contributed by atoms with Gasteiger partial charge in [-0.05, 0) is 55.4 Å². The van der Waals surface area contributed by atoms with Gasteiger partial charge in [0, 0.05) is 29.4 Å². The third-order valence-electron chi connectivity index (χ3n) is 6.05. The van der Waals surface area contributed by atoms with E-state index in [0.717, 1.165) is 29.2 Å². The van der Waals surface area contributed by atoms with Gasteiger partial charge in [-0.25, -0.2) is 19.7 Å². The van der Waals surface area contributed by atoms with E-state index in [9.17, 15) is 9.59 Å². The number of carbonyl (C=O) groups excluding carboxylic acids is 2. The molecule has 190 valence electrons. The molecule has 3 heterocycles. The molecule has 0 atom stereocenters. The van der Waals surface area contributed by atoms with Crippen LogP contribution < -0.4 is 10.6 Å². The van der Waals surface area contributed by atoms with Crippen LogP contribution in [0.4, 0.5) is 11.6 Å². The first-order valence-electron chi connectivity index (χ1n) is 12.2. The van der Waals surface area contributed by atoms with Gasteiger partial charge in [0.05, 0.1) is 19.3 Å². The van der Waals surface area contributed by atoms with Crippen LogP contribution in [-0.2, 0) is 16.1 Å². The number of hydrogen-bond donors (Lipinski definition) is 2. The number of hydrogen-bond acceptors (Lipinski definition) is 7. The molecule has 3 aromatic heterocycles. The second-order valence-electron chi connectivity index (χ2n) is 9.10. The maximum Gasteiger partial charge on any atom is 0.376 e. The molecule has 4 aromatic rings. The first kappa shape index (κ1) is 24.7. The molecule has 0 unspecified atom stereocenters. The van der Waals surface area contributed by atoms with E-state index in [-0.39, 0.29) is 23.5 Å². The first-order chi connectivity index (χ1) is 18.0. The lowest BCUT2D eigenvalue weighted by Crippen LogP contribution is -2.17. The molecule has 9 nitrogen and oxygen atoms in total. The van der Waals surface area contributed by atoms with E-state index in [4.69, 9.17) is 16.3 Å². The van der Waals surface area contributed by atoms with Gasteiger partial charge in [-0.3, -0.25) is 4.79 Å². The summed E-state index contributed by atoms with van der Waals surface area (Å²) in [7, 11) is 1.26. The predicted molar refractivity (Wildman–Crippen MR) is 141 cm³/mol. The number of nitrogens with one attached hydrogen (secondary N) is 2. The van der Waals surface area contributed by atoms with Crippen LogP contribution in [0.1, 0.15) is 53.5 Å². The van der Waals surface area contributed by atoms with Crippen LogP contribution in [0.5, 0.6) is 0 Å². The normalized spacial score (nSPS) is 14.4. The number of carbonyl (C=O) groups is 2. The Kier molecular flexibility index (Phi) is 7.32. The molecule has 37 heavy (non-hydrogen) atoms. The van der Waals surface area contributed by atoms with Crippen LogP contribution in [-0.4, -0.2) is 38.3 Å². The fourth-order valence-electron chi connectivity index (χ4n) is 3.76. The van der Waals surface area contributed by atoms with Crippen molar-refractivity contribution in [2.75, 3.05) is 17.7 Å². The van der Waals surface area contributed by atoms with E-state index in [0.29, 0.717) is 18.3 Å². The highest BCUT2D eigenvalue weighted by Gasteiger charge is 2.30. The Hall–Kier alpha value is -3.98. The Morgan fingerprint density at radius 3 is 2.41 bits per heavy atom. The van der Waals surface area contributed by atoms with Gasteiger partial charge in [-0.2, -0.15) is 0 Å². The number of amides is 1. The van der Waals surface area contributed by atoms with Crippen LogP contribution in [0.2, 0.25) is 5.02 Å². The number of benzene rings is 1. The summed E-state index contributed by atoms with van der Waals surface area (Å²) in [6.45, 7) is 0.411. The SMILES string of the molecule is COC(=O)c1nc(NCc2cn3cc(C4CC4)ccc3n2)cc(NC(=O)C2CC2)n1.Clc1ccccc1. The summed E-state index contributed by atoms with van der Waals surface area (Å²) in [5, 5.41) is 6.71. The summed E-state index contributed by atoms with van der Waals surface area (Å²) in [5.74, 6) is 0.513. The van der Waals surface area contributed by atoms with E-state index in [1.807, 2.05) is 47.0 Å². The molecular formula is C27H27ClN6O3. The van der Waals surface area contributed by atoms with Crippen molar-refractivity contribution < 1.29 is 14.3 Å². The van der Waals surface area contributed by atoms with Gasteiger partial charge in [0.2, 0.25) is 11.7 Å². The molecule has 2 aliphatic rings. The standard InChI is InChI=1S/C21H22N6O3.C6H5Cl/c1-30-21(29)19-24-16(8-17(25-19)26-20(28)13-4-5-13)22-9-15-11-27-10-14(12-2-3-12)6-7-18(27)23-15;7-6-4-2-1-3-5-6/h6-8,10-13H,2-5,9H2,1H3,(H2,22,24,25,26,28);1-5H. The molecule has 0 radical (unpaired) electrons. The van der Waals surface area contributed by atoms with Crippen LogP contribution >= 0.6 is 11.6 Å². The Balaban J connectivity index is 0.000000348. The van der Waals surface area contributed by atoms with Gasteiger partial charge in [-0.1, -0.05) is 35.9 Å². The number of anilines is 2. The van der Waals surface area contributed by atoms with Gasteiger partial charge in [0.25, 0.3) is 0 Å². The number of aromatic nitrogens is 4. The minimum absolute atomic E-state index is 0.0245. The molecule has 1 amide bonds. The maximum atomic E-state index is 12.1. The van der Waals surface area contributed by atoms with Gasteiger partial charge < -0.3 is 19.8 Å². The number of rotatable bonds is 7. The molecule has 2 fully saturated rings. The van der Waals surface area contributed by atoms with Gasteiger partial charge in [0.15, 0.2) is 0 Å². The third kappa shape index (κ3) is 6.62. The second-order valence-corrected chi connectivity index (χ2v) is 9.54. The lowest BCUT2D eigenvalue weighted by molar-refractivity contribution is -0.117. The molecule has 6 rings (SSSR count). The Morgan fingerprint density at radius 2 is 1.76 bits per heavy atom. The zero-order valence-corrected chi connectivity index (χ0v) is 21.1. The van der Waals surface area contributed by atoms with Crippen molar-refractivity contribution in [1.29, 1.82) is 0 Å². The summed E-state index contributed by atoms with van der Waals surface area (Å²) < 4.78 is 6.76. The second kappa shape index (κ2) is 11.0. The van der Waals surface area contributed by atoms with Crippen molar-refractivity contribution in [1.82, 2.24) is 19.4 Å². The first-order valence-corrected chi connectivity index (χ1v) is 12.6. The third-order valence-corrected chi connectivity index (χ3v) is 6.30. The molecule has 2 saturated carbocycles. The van der Waals surface area contributed by atoms with Crippen LogP contribution in [0, 0.1) is 5.92 Å². The van der Waals surface area contributed by atoms with Gasteiger partial charge in [-0.15, -0.1) is 0 Å². The zero-order chi connectivity index (χ0) is 25.8. The van der Waals surface area contributed by atoms with Crippen LogP contribution in [0.15, 0.2) is 60.9 Å². The lowest BCUT2D eigenvalue weighted by atomic mass is 10.2. The smallest absolute Gasteiger partial charge is 0.376 e. The van der Waals surface area contributed by atoms with E-state index in [1.165, 1.54) is 25.5 Å². The van der Waals surface area contributed by atoms with Crippen molar-refractivity contribution in [3.63, 3.8) is 0 Å². The lowest BCUT2D eigenvalue weighted by Gasteiger charge is -2.09. The number of nitrogens with zero attached hydrogens (tertiary/aromatic N) is 4. The quantitative estimate of drug-likeness (QED) is 0.328. The molecule has 0 aliphatic heterocycles. The van der Waals surface area contributed by atoms with Crippen molar-refractivity contribution in [3.8, 4) is 0 Å². The minimum atomic E-state index is -0.666. The number of ether oxygens (including phenoxy) is 1. The average Bonchev–Trinajstić information content (AvgIpc) is 3.84. The van der Waals surface area contributed by atoms with Crippen molar-refractivity contribution in [2.45, 2.75) is 38.1 Å². The summed E-state index contributed by atoms with van der Waals surface area (Å²) >= 11 is 5.54. The van der Waals surface area contributed by atoms with Crippen molar-refractivity contribution in [2.24, 2.45) is 5.92 Å². The molecule has 10 heteroatoms. The van der Waals surface area contributed by atoms with E-state index < -0.39 is 5.97 Å². The molecule has 2 aliphatic carbocycles. The number of esters is 1. The van der Waals surface area contributed by atoms with E-state index in [2.05, 4.69) is 37.8 Å². The number of fused-ring (bicyclic) bond motifs is 1. The number of methoxy groups -OCH3 is 1. The topological polar surface area (TPSA) is 111 Å². The van der Waals surface area contributed by atoms with E-state index >= 15 is 0 Å². The monoisotopic (exact) mass is 518 g/mol. The number of imidazole rings is 1. The summed E-state index contributed by atoms with van der Waals surface area (Å²) in [4.78, 5) is 36.9.